The summed E-state index contributed by atoms with van der Waals surface area (Å²) < 4.78 is 11.2. The summed E-state index contributed by atoms with van der Waals surface area (Å²) >= 11 is 3.43. The van der Waals surface area contributed by atoms with Gasteiger partial charge < -0.3 is 9.47 Å². The zero-order valence-electron chi connectivity index (χ0n) is 10.1. The number of carbonyl (C=O) groups excluding carboxylic acids is 1. The van der Waals surface area contributed by atoms with Crippen molar-refractivity contribution in [3.63, 3.8) is 0 Å². The van der Waals surface area contributed by atoms with E-state index in [0.29, 0.717) is 5.75 Å². The van der Waals surface area contributed by atoms with Crippen LogP contribution in [-0.4, -0.2) is 19.2 Å². The molecule has 2 aromatic rings. The van der Waals surface area contributed by atoms with Crippen LogP contribution in [0.4, 0.5) is 0 Å². The molecule has 0 saturated carbocycles. The molecule has 94 valence electrons. The fourth-order valence-corrected chi connectivity index (χ4v) is 2.06. The molecule has 2 aromatic carbocycles. The van der Waals surface area contributed by atoms with Crippen molar-refractivity contribution >= 4 is 32.7 Å². The van der Waals surface area contributed by atoms with E-state index in [1.54, 1.807) is 6.92 Å². The zero-order valence-corrected chi connectivity index (χ0v) is 11.7. The van der Waals surface area contributed by atoms with Crippen LogP contribution in [0.3, 0.4) is 0 Å². The summed E-state index contributed by atoms with van der Waals surface area (Å²) in [6.07, 6.45) is -0.608. The van der Waals surface area contributed by atoms with Crippen molar-refractivity contribution in [1.29, 1.82) is 0 Å². The molecule has 0 N–H and O–H groups in total. The first-order chi connectivity index (χ1) is 8.60. The van der Waals surface area contributed by atoms with E-state index < -0.39 is 6.10 Å². The lowest BCUT2D eigenvalue weighted by Crippen LogP contribution is -2.24. The molecule has 0 spiro atoms. The van der Waals surface area contributed by atoms with Gasteiger partial charge in [0, 0.05) is 4.47 Å². The van der Waals surface area contributed by atoms with Gasteiger partial charge in [0.1, 0.15) is 5.75 Å². The van der Waals surface area contributed by atoms with Gasteiger partial charge >= 0.3 is 5.97 Å². The summed E-state index contributed by atoms with van der Waals surface area (Å²) in [4.78, 5) is 11.3. The molecule has 0 aliphatic heterocycles. The lowest BCUT2D eigenvalue weighted by atomic mass is 10.1. The molecule has 0 unspecified atom stereocenters. The third-order valence-electron chi connectivity index (χ3n) is 2.62. The van der Waals surface area contributed by atoms with Crippen LogP contribution in [-0.2, 0) is 9.53 Å². The van der Waals surface area contributed by atoms with Crippen molar-refractivity contribution in [2.24, 2.45) is 0 Å². The number of esters is 1. The summed E-state index contributed by atoms with van der Waals surface area (Å²) in [5.74, 6) is 0.272. The Hall–Kier alpha value is -1.55. The number of ether oxygens (including phenoxy) is 2. The molecule has 0 amide bonds. The van der Waals surface area contributed by atoms with Crippen LogP contribution in [0.25, 0.3) is 10.8 Å². The van der Waals surface area contributed by atoms with Crippen molar-refractivity contribution in [2.45, 2.75) is 13.0 Å². The van der Waals surface area contributed by atoms with E-state index in [1.165, 1.54) is 7.11 Å². The van der Waals surface area contributed by atoms with E-state index in [1.807, 2.05) is 36.4 Å². The van der Waals surface area contributed by atoms with E-state index in [0.717, 1.165) is 15.2 Å². The SMILES string of the molecule is COC(=O)[C@@H](C)Oc1ccc2cc(Br)ccc2c1. The van der Waals surface area contributed by atoms with Gasteiger partial charge in [0.2, 0.25) is 0 Å². The Labute approximate surface area is 114 Å². The Morgan fingerprint density at radius 3 is 2.56 bits per heavy atom. The number of fused-ring (bicyclic) bond motifs is 1. The molecular formula is C14H13BrO3. The fraction of sp³-hybridized carbons (Fsp3) is 0.214. The van der Waals surface area contributed by atoms with Crippen LogP contribution in [0.1, 0.15) is 6.92 Å². The second-order valence-electron chi connectivity index (χ2n) is 3.94. The van der Waals surface area contributed by atoms with Crippen LogP contribution in [0.5, 0.6) is 5.75 Å². The van der Waals surface area contributed by atoms with Crippen molar-refractivity contribution in [3.05, 3.63) is 40.9 Å². The molecular weight excluding hydrogens is 296 g/mol. The topological polar surface area (TPSA) is 35.5 Å². The van der Waals surface area contributed by atoms with Crippen molar-refractivity contribution in [1.82, 2.24) is 0 Å². The Morgan fingerprint density at radius 1 is 1.17 bits per heavy atom. The summed E-state index contributed by atoms with van der Waals surface area (Å²) in [6.45, 7) is 1.66. The highest BCUT2D eigenvalue weighted by molar-refractivity contribution is 9.10. The van der Waals surface area contributed by atoms with Gasteiger partial charge in [-0.15, -0.1) is 0 Å². The third-order valence-corrected chi connectivity index (χ3v) is 3.11. The number of methoxy groups -OCH3 is 1. The zero-order chi connectivity index (χ0) is 13.1. The van der Waals surface area contributed by atoms with Crippen LogP contribution < -0.4 is 4.74 Å². The molecule has 0 radical (unpaired) electrons. The van der Waals surface area contributed by atoms with Crippen LogP contribution in [0.2, 0.25) is 0 Å². The summed E-state index contributed by atoms with van der Waals surface area (Å²) in [5, 5.41) is 2.18. The molecule has 1 atom stereocenters. The van der Waals surface area contributed by atoms with E-state index in [2.05, 4.69) is 20.7 Å². The first kappa shape index (κ1) is 12.9. The largest absolute Gasteiger partial charge is 0.479 e. The molecule has 0 aliphatic carbocycles. The van der Waals surface area contributed by atoms with Gasteiger partial charge in [-0.05, 0) is 42.0 Å². The molecule has 3 nitrogen and oxygen atoms in total. The lowest BCUT2D eigenvalue weighted by molar-refractivity contribution is -0.147. The standard InChI is InChI=1S/C14H13BrO3/c1-9(14(16)17-2)18-13-6-4-10-7-12(15)5-3-11(10)8-13/h3-9H,1-2H3/t9-/m1/s1. The predicted octanol–water partition coefficient (Wildman–Crippen LogP) is 3.54. The van der Waals surface area contributed by atoms with E-state index >= 15 is 0 Å². The normalized spacial score (nSPS) is 12.2. The Balaban J connectivity index is 2.25. The highest BCUT2D eigenvalue weighted by atomic mass is 79.9. The van der Waals surface area contributed by atoms with Crippen molar-refractivity contribution < 1.29 is 14.3 Å². The minimum atomic E-state index is -0.608. The first-order valence-electron chi connectivity index (χ1n) is 5.54. The highest BCUT2D eigenvalue weighted by Gasteiger charge is 2.14. The molecule has 2 rings (SSSR count). The number of halogens is 1. The van der Waals surface area contributed by atoms with Crippen LogP contribution >= 0.6 is 15.9 Å². The number of benzene rings is 2. The van der Waals surface area contributed by atoms with Gasteiger partial charge in [-0.25, -0.2) is 4.79 Å². The molecule has 0 heterocycles. The molecule has 0 bridgehead atoms. The minimum Gasteiger partial charge on any atom is -0.479 e. The second-order valence-corrected chi connectivity index (χ2v) is 4.85. The predicted molar refractivity (Wildman–Crippen MR) is 73.8 cm³/mol. The number of rotatable bonds is 3. The summed E-state index contributed by atoms with van der Waals surface area (Å²) in [7, 11) is 1.35. The minimum absolute atomic E-state index is 0.383. The summed E-state index contributed by atoms with van der Waals surface area (Å²) in [6, 6.07) is 11.7. The monoisotopic (exact) mass is 308 g/mol. The van der Waals surface area contributed by atoms with Gasteiger partial charge in [-0.2, -0.15) is 0 Å². The Bertz CT molecular complexity index is 580. The highest BCUT2D eigenvalue weighted by Crippen LogP contribution is 2.24. The Morgan fingerprint density at radius 2 is 1.83 bits per heavy atom. The van der Waals surface area contributed by atoms with Gasteiger partial charge in [0.25, 0.3) is 0 Å². The average Bonchev–Trinajstić information content (AvgIpc) is 2.38. The molecule has 0 aromatic heterocycles. The molecule has 18 heavy (non-hydrogen) atoms. The quantitative estimate of drug-likeness (QED) is 0.814. The van der Waals surface area contributed by atoms with Gasteiger partial charge in [-0.3, -0.25) is 0 Å². The van der Waals surface area contributed by atoms with E-state index in [-0.39, 0.29) is 5.97 Å². The van der Waals surface area contributed by atoms with Gasteiger partial charge in [0.05, 0.1) is 7.11 Å². The third kappa shape index (κ3) is 2.82. The molecule has 0 fully saturated rings. The van der Waals surface area contributed by atoms with Gasteiger partial charge in [-0.1, -0.05) is 28.1 Å². The first-order valence-corrected chi connectivity index (χ1v) is 6.33. The second kappa shape index (κ2) is 5.40. The molecule has 4 heteroatoms. The molecule has 0 saturated heterocycles. The fourth-order valence-electron chi connectivity index (χ4n) is 1.69. The maximum Gasteiger partial charge on any atom is 0.346 e. The summed E-state index contributed by atoms with van der Waals surface area (Å²) in [5.41, 5.74) is 0. The lowest BCUT2D eigenvalue weighted by Gasteiger charge is -2.12. The maximum absolute atomic E-state index is 11.3. The maximum atomic E-state index is 11.3. The number of carbonyl (C=O) groups is 1. The number of hydrogen-bond acceptors (Lipinski definition) is 3. The van der Waals surface area contributed by atoms with E-state index in [4.69, 9.17) is 4.74 Å². The average molecular weight is 309 g/mol. The van der Waals surface area contributed by atoms with Crippen molar-refractivity contribution in [3.8, 4) is 5.75 Å². The van der Waals surface area contributed by atoms with Gasteiger partial charge in [0.15, 0.2) is 6.10 Å². The molecule has 0 aliphatic rings. The van der Waals surface area contributed by atoms with Crippen LogP contribution in [0, 0.1) is 0 Å². The van der Waals surface area contributed by atoms with Crippen molar-refractivity contribution in [2.75, 3.05) is 7.11 Å². The smallest absolute Gasteiger partial charge is 0.346 e. The van der Waals surface area contributed by atoms with Crippen LogP contribution in [0.15, 0.2) is 40.9 Å². The number of hydrogen-bond donors (Lipinski definition) is 0. The van der Waals surface area contributed by atoms with E-state index in [9.17, 15) is 4.79 Å². The Kier molecular flexibility index (Phi) is 3.87.